The first-order chi connectivity index (χ1) is 11.1. The molecule has 0 fully saturated rings. The smallest absolute Gasteiger partial charge is 0.113 e. The molecule has 0 aliphatic carbocycles. The van der Waals surface area contributed by atoms with Gasteiger partial charge in [0.15, 0.2) is 0 Å². The predicted octanol–water partition coefficient (Wildman–Crippen LogP) is 5.80. The first-order valence-electron chi connectivity index (χ1n) is 9.65. The van der Waals surface area contributed by atoms with Crippen molar-refractivity contribution in [3.63, 3.8) is 0 Å². The summed E-state index contributed by atoms with van der Waals surface area (Å²) in [4.78, 5) is 0. The van der Waals surface area contributed by atoms with Gasteiger partial charge in [-0.25, -0.2) is 0 Å². The Kier molecular flexibility index (Phi) is 11.0. The zero-order valence-electron chi connectivity index (χ0n) is 15.3. The highest BCUT2D eigenvalue weighted by Gasteiger charge is 2.18. The number of rotatable bonds is 14. The lowest BCUT2D eigenvalue weighted by molar-refractivity contribution is 0.0113. The standard InChI is InChI=1S/C21H37NO/c1-3-4-5-6-7-8-9-10-11-15-18-21(2,23)22-19-20-16-13-12-14-17-20/h12-14,16-17,22-23H,3-11,15,18-19H2,1-2H3. The predicted molar refractivity (Wildman–Crippen MR) is 100 cm³/mol. The third-order valence-corrected chi connectivity index (χ3v) is 4.53. The molecule has 1 rings (SSSR count). The lowest BCUT2D eigenvalue weighted by Crippen LogP contribution is -2.41. The fraction of sp³-hybridized carbons (Fsp3) is 0.714. The number of benzene rings is 1. The van der Waals surface area contributed by atoms with Gasteiger partial charge in [0, 0.05) is 6.54 Å². The maximum atomic E-state index is 10.4. The van der Waals surface area contributed by atoms with Crippen LogP contribution in [0.15, 0.2) is 30.3 Å². The normalized spacial score (nSPS) is 13.9. The number of hydrogen-bond acceptors (Lipinski definition) is 2. The van der Waals surface area contributed by atoms with Gasteiger partial charge in [0.2, 0.25) is 0 Å². The van der Waals surface area contributed by atoms with Gasteiger partial charge in [0.25, 0.3) is 0 Å². The molecular formula is C21H37NO. The van der Waals surface area contributed by atoms with Crippen molar-refractivity contribution in [1.29, 1.82) is 0 Å². The van der Waals surface area contributed by atoms with E-state index in [0.29, 0.717) is 0 Å². The van der Waals surface area contributed by atoms with Crippen LogP contribution < -0.4 is 5.32 Å². The molecule has 0 aliphatic heterocycles. The minimum Gasteiger partial charge on any atom is -0.376 e. The molecule has 0 spiro atoms. The molecule has 0 heterocycles. The molecule has 0 amide bonds. The molecule has 0 aliphatic rings. The van der Waals surface area contributed by atoms with Crippen molar-refractivity contribution < 1.29 is 5.11 Å². The summed E-state index contributed by atoms with van der Waals surface area (Å²) < 4.78 is 0. The molecule has 2 heteroatoms. The lowest BCUT2D eigenvalue weighted by Gasteiger charge is -2.25. The second-order valence-corrected chi connectivity index (χ2v) is 7.04. The van der Waals surface area contributed by atoms with Gasteiger partial charge in [-0.15, -0.1) is 0 Å². The van der Waals surface area contributed by atoms with E-state index in [-0.39, 0.29) is 0 Å². The number of nitrogens with one attached hydrogen (secondary N) is 1. The van der Waals surface area contributed by atoms with E-state index in [1.807, 2.05) is 25.1 Å². The van der Waals surface area contributed by atoms with Crippen molar-refractivity contribution in [2.45, 2.75) is 96.7 Å². The number of hydrogen-bond donors (Lipinski definition) is 2. The van der Waals surface area contributed by atoms with Crippen LogP contribution in [0.4, 0.5) is 0 Å². The molecule has 0 bridgehead atoms. The molecule has 23 heavy (non-hydrogen) atoms. The Hall–Kier alpha value is -0.860. The van der Waals surface area contributed by atoms with Crippen molar-refractivity contribution in [2.24, 2.45) is 0 Å². The second kappa shape index (κ2) is 12.5. The molecule has 1 aromatic rings. The van der Waals surface area contributed by atoms with Crippen LogP contribution in [-0.2, 0) is 6.54 Å². The zero-order valence-corrected chi connectivity index (χ0v) is 15.3. The Labute approximate surface area is 143 Å². The van der Waals surface area contributed by atoms with Crippen molar-refractivity contribution in [2.75, 3.05) is 0 Å². The molecule has 0 radical (unpaired) electrons. The molecule has 0 saturated carbocycles. The molecule has 2 nitrogen and oxygen atoms in total. The van der Waals surface area contributed by atoms with Gasteiger partial charge in [0.05, 0.1) is 0 Å². The highest BCUT2D eigenvalue weighted by molar-refractivity contribution is 5.14. The molecular weight excluding hydrogens is 282 g/mol. The van der Waals surface area contributed by atoms with Crippen LogP contribution in [0.5, 0.6) is 0 Å². The minimum atomic E-state index is -0.754. The summed E-state index contributed by atoms with van der Waals surface area (Å²) in [5.74, 6) is 0. The first kappa shape index (κ1) is 20.2. The van der Waals surface area contributed by atoms with Crippen molar-refractivity contribution >= 4 is 0 Å². The van der Waals surface area contributed by atoms with Crippen LogP contribution in [-0.4, -0.2) is 10.8 Å². The Morgan fingerprint density at radius 1 is 0.826 bits per heavy atom. The van der Waals surface area contributed by atoms with Crippen LogP contribution in [0.25, 0.3) is 0 Å². The topological polar surface area (TPSA) is 32.3 Å². The minimum absolute atomic E-state index is 0.728. The van der Waals surface area contributed by atoms with E-state index in [1.165, 1.54) is 63.4 Å². The quantitative estimate of drug-likeness (QED) is 0.336. The summed E-state index contributed by atoms with van der Waals surface area (Å²) in [7, 11) is 0. The lowest BCUT2D eigenvalue weighted by atomic mass is 10.0. The first-order valence-corrected chi connectivity index (χ1v) is 9.65. The van der Waals surface area contributed by atoms with E-state index in [1.54, 1.807) is 0 Å². The number of aliphatic hydroxyl groups is 1. The van der Waals surface area contributed by atoms with Crippen LogP contribution in [0.2, 0.25) is 0 Å². The summed E-state index contributed by atoms with van der Waals surface area (Å²) >= 11 is 0. The van der Waals surface area contributed by atoms with E-state index >= 15 is 0 Å². The molecule has 0 aromatic heterocycles. The average molecular weight is 320 g/mol. The summed E-state index contributed by atoms with van der Waals surface area (Å²) in [6.45, 7) is 4.89. The maximum Gasteiger partial charge on any atom is 0.113 e. The van der Waals surface area contributed by atoms with Gasteiger partial charge < -0.3 is 5.11 Å². The summed E-state index contributed by atoms with van der Waals surface area (Å²) in [6.07, 6.45) is 14.2. The fourth-order valence-corrected chi connectivity index (χ4v) is 2.93. The Morgan fingerprint density at radius 3 is 1.91 bits per heavy atom. The van der Waals surface area contributed by atoms with Gasteiger partial charge >= 0.3 is 0 Å². The third kappa shape index (κ3) is 11.3. The van der Waals surface area contributed by atoms with Crippen LogP contribution >= 0.6 is 0 Å². The van der Waals surface area contributed by atoms with Gasteiger partial charge in [-0.3, -0.25) is 5.32 Å². The Bertz CT molecular complexity index is 375. The second-order valence-electron chi connectivity index (χ2n) is 7.04. The third-order valence-electron chi connectivity index (χ3n) is 4.53. The van der Waals surface area contributed by atoms with Crippen LogP contribution in [0.3, 0.4) is 0 Å². The van der Waals surface area contributed by atoms with Gasteiger partial charge in [-0.05, 0) is 25.3 Å². The molecule has 1 unspecified atom stereocenters. The van der Waals surface area contributed by atoms with Crippen molar-refractivity contribution in [3.05, 3.63) is 35.9 Å². The molecule has 1 atom stereocenters. The van der Waals surface area contributed by atoms with Crippen LogP contribution in [0.1, 0.15) is 90.0 Å². The van der Waals surface area contributed by atoms with E-state index in [0.717, 1.165) is 19.4 Å². The zero-order chi connectivity index (χ0) is 16.8. The summed E-state index contributed by atoms with van der Waals surface area (Å²) in [5, 5.41) is 13.6. The fourth-order valence-electron chi connectivity index (χ4n) is 2.93. The Balaban J connectivity index is 1.97. The number of unbranched alkanes of at least 4 members (excludes halogenated alkanes) is 9. The average Bonchev–Trinajstić information content (AvgIpc) is 2.56. The van der Waals surface area contributed by atoms with E-state index < -0.39 is 5.72 Å². The van der Waals surface area contributed by atoms with E-state index in [2.05, 4.69) is 24.4 Å². The SMILES string of the molecule is CCCCCCCCCCCCC(C)(O)NCc1ccccc1. The van der Waals surface area contributed by atoms with E-state index in [9.17, 15) is 5.11 Å². The maximum absolute atomic E-state index is 10.4. The molecule has 1 aromatic carbocycles. The van der Waals surface area contributed by atoms with Crippen LogP contribution in [0, 0.1) is 0 Å². The van der Waals surface area contributed by atoms with Crippen molar-refractivity contribution in [1.82, 2.24) is 5.32 Å². The van der Waals surface area contributed by atoms with Gasteiger partial charge in [0.1, 0.15) is 5.72 Å². The largest absolute Gasteiger partial charge is 0.376 e. The van der Waals surface area contributed by atoms with E-state index in [4.69, 9.17) is 0 Å². The van der Waals surface area contributed by atoms with Crippen molar-refractivity contribution in [3.8, 4) is 0 Å². The molecule has 0 saturated heterocycles. The molecule has 2 N–H and O–H groups in total. The highest BCUT2D eigenvalue weighted by Crippen LogP contribution is 2.15. The molecule has 132 valence electrons. The highest BCUT2D eigenvalue weighted by atomic mass is 16.3. The summed E-state index contributed by atoms with van der Waals surface area (Å²) in [6, 6.07) is 10.3. The Morgan fingerprint density at radius 2 is 1.35 bits per heavy atom. The monoisotopic (exact) mass is 319 g/mol. The summed E-state index contributed by atoms with van der Waals surface area (Å²) in [5.41, 5.74) is 0.464. The van der Waals surface area contributed by atoms with Gasteiger partial charge in [-0.1, -0.05) is 95.0 Å². The van der Waals surface area contributed by atoms with Gasteiger partial charge in [-0.2, -0.15) is 0 Å².